The Morgan fingerprint density at radius 3 is 2.60 bits per heavy atom. The van der Waals surface area contributed by atoms with Gasteiger partial charge in [-0.05, 0) is 68.4 Å². The maximum Gasteiger partial charge on any atom is 0.341 e. The summed E-state index contributed by atoms with van der Waals surface area (Å²) < 4.78 is 17.5. The zero-order valence-corrected chi connectivity index (χ0v) is 27.8. The number of methoxy groups -OCH3 is 1. The van der Waals surface area contributed by atoms with Gasteiger partial charge in [0.25, 0.3) is 5.91 Å². The lowest BCUT2D eigenvalue weighted by molar-refractivity contribution is -0.122. The second-order valence-corrected chi connectivity index (χ2v) is 13.3. The van der Waals surface area contributed by atoms with Crippen LogP contribution in [0.3, 0.4) is 0 Å². The lowest BCUT2D eigenvalue weighted by Crippen LogP contribution is -2.29. The van der Waals surface area contributed by atoms with Crippen molar-refractivity contribution in [3.05, 3.63) is 69.9 Å². The molecule has 2 fully saturated rings. The summed E-state index contributed by atoms with van der Waals surface area (Å²) in [6, 6.07) is 15.2. The number of thiocarbonyl (C=S) groups is 1. The molecule has 11 heteroatoms. The SMILES string of the molecule is CCOC(=O)c1c(-c2ccccc2)csc1NC(=O)CCCN1C(=O)/C(=C/c2ccc(OC3CCCCC3)c(OC)c2)SC1=S. The van der Waals surface area contributed by atoms with E-state index in [0.29, 0.717) is 49.8 Å². The Kier molecular flexibility index (Phi) is 11.3. The van der Waals surface area contributed by atoms with Gasteiger partial charge in [-0.2, -0.15) is 0 Å². The fraction of sp³-hybridized carbons (Fsp3) is 0.353. The molecule has 1 saturated carbocycles. The van der Waals surface area contributed by atoms with E-state index in [9.17, 15) is 14.4 Å². The third kappa shape index (κ3) is 8.14. The van der Waals surface area contributed by atoms with Gasteiger partial charge in [0, 0.05) is 23.9 Å². The minimum atomic E-state index is -0.485. The van der Waals surface area contributed by atoms with Crippen LogP contribution >= 0.6 is 35.3 Å². The maximum atomic E-state index is 13.2. The third-order valence-electron chi connectivity index (χ3n) is 7.60. The zero-order valence-electron chi connectivity index (χ0n) is 25.3. The number of esters is 1. The highest BCUT2D eigenvalue weighted by molar-refractivity contribution is 8.26. The average Bonchev–Trinajstić information content (AvgIpc) is 3.58. The lowest BCUT2D eigenvalue weighted by Gasteiger charge is -2.24. The van der Waals surface area contributed by atoms with E-state index in [-0.39, 0.29) is 30.9 Å². The molecule has 0 radical (unpaired) electrons. The molecule has 3 aromatic rings. The fourth-order valence-corrected chi connectivity index (χ4v) is 7.63. The number of hydrogen-bond donors (Lipinski definition) is 1. The first-order valence-electron chi connectivity index (χ1n) is 15.1. The number of benzene rings is 2. The summed E-state index contributed by atoms with van der Waals surface area (Å²) in [5, 5.41) is 5.16. The van der Waals surface area contributed by atoms with Gasteiger partial charge in [-0.15, -0.1) is 11.3 Å². The van der Waals surface area contributed by atoms with Gasteiger partial charge in [-0.1, -0.05) is 66.8 Å². The van der Waals surface area contributed by atoms with Gasteiger partial charge >= 0.3 is 5.97 Å². The van der Waals surface area contributed by atoms with E-state index in [0.717, 1.165) is 24.0 Å². The van der Waals surface area contributed by atoms with Gasteiger partial charge in [-0.3, -0.25) is 14.5 Å². The van der Waals surface area contributed by atoms with Crippen LogP contribution in [0.2, 0.25) is 0 Å². The topological polar surface area (TPSA) is 94.2 Å². The van der Waals surface area contributed by atoms with Crippen molar-refractivity contribution in [2.75, 3.05) is 25.6 Å². The van der Waals surface area contributed by atoms with Crippen LogP contribution < -0.4 is 14.8 Å². The number of nitrogens with zero attached hydrogens (tertiary/aromatic N) is 1. The molecule has 5 rings (SSSR count). The second-order valence-electron chi connectivity index (χ2n) is 10.7. The highest BCUT2D eigenvalue weighted by Crippen LogP contribution is 2.38. The van der Waals surface area contributed by atoms with Gasteiger partial charge in [0.15, 0.2) is 11.5 Å². The molecule has 2 aromatic carbocycles. The molecule has 1 N–H and O–H groups in total. The van der Waals surface area contributed by atoms with E-state index in [1.807, 2.05) is 53.9 Å². The number of anilines is 1. The molecule has 0 atom stereocenters. The molecule has 1 aliphatic heterocycles. The first kappa shape index (κ1) is 32.7. The number of ether oxygens (including phenoxy) is 3. The first-order valence-corrected chi connectivity index (χ1v) is 17.2. The molecule has 1 aliphatic carbocycles. The summed E-state index contributed by atoms with van der Waals surface area (Å²) in [5.74, 6) is 0.401. The third-order valence-corrected chi connectivity index (χ3v) is 9.87. The van der Waals surface area contributed by atoms with E-state index in [1.165, 1.54) is 47.3 Å². The van der Waals surface area contributed by atoms with Crippen LogP contribution in [0, 0.1) is 0 Å². The van der Waals surface area contributed by atoms with Crippen molar-refractivity contribution in [3.63, 3.8) is 0 Å². The predicted octanol–water partition coefficient (Wildman–Crippen LogP) is 7.93. The first-order chi connectivity index (χ1) is 21.9. The lowest BCUT2D eigenvalue weighted by atomic mass is 9.98. The quantitative estimate of drug-likeness (QED) is 0.119. The van der Waals surface area contributed by atoms with Crippen molar-refractivity contribution >= 4 is 68.5 Å². The normalized spacial score (nSPS) is 16.2. The van der Waals surface area contributed by atoms with E-state index in [1.54, 1.807) is 20.1 Å². The standard InChI is InChI=1S/C34H36N2O6S3/c1-3-41-33(39)30-25(23-11-6-4-7-12-23)21-44-31(30)35-29(37)15-10-18-36-32(38)28(45-34(36)43)20-22-16-17-26(27(19-22)40-2)42-24-13-8-5-9-14-24/h4,6-7,11-12,16-17,19-21,24H,3,5,8-10,13-15,18H2,1-2H3,(H,35,37)/b28-20-. The maximum absolute atomic E-state index is 13.2. The Bertz CT molecular complexity index is 1580. The molecule has 2 heterocycles. The van der Waals surface area contributed by atoms with Crippen molar-refractivity contribution in [3.8, 4) is 22.6 Å². The molecule has 0 bridgehead atoms. The van der Waals surface area contributed by atoms with Gasteiger partial charge in [0.05, 0.1) is 24.7 Å². The molecule has 45 heavy (non-hydrogen) atoms. The molecule has 2 aliphatic rings. The summed E-state index contributed by atoms with van der Waals surface area (Å²) in [6.07, 6.45) is 8.26. The summed E-state index contributed by atoms with van der Waals surface area (Å²) in [6.45, 7) is 2.27. The molecule has 236 valence electrons. The summed E-state index contributed by atoms with van der Waals surface area (Å²) in [4.78, 5) is 41.0. The highest BCUT2D eigenvalue weighted by Gasteiger charge is 2.32. The van der Waals surface area contributed by atoms with Crippen LogP contribution in [-0.4, -0.2) is 53.4 Å². The Hall–Kier alpha value is -3.67. The number of thiophene rings is 1. The molecule has 0 spiro atoms. The second kappa shape index (κ2) is 15.6. The van der Waals surface area contributed by atoms with Crippen LogP contribution in [0.4, 0.5) is 5.00 Å². The molecule has 2 amide bonds. The molecular weight excluding hydrogens is 629 g/mol. The smallest absolute Gasteiger partial charge is 0.341 e. The molecule has 8 nitrogen and oxygen atoms in total. The monoisotopic (exact) mass is 664 g/mol. The fourth-order valence-electron chi connectivity index (χ4n) is 5.35. The van der Waals surface area contributed by atoms with Crippen molar-refractivity contribution in [1.82, 2.24) is 4.90 Å². The molecule has 1 aromatic heterocycles. The Balaban J connectivity index is 1.18. The molecule has 1 saturated heterocycles. The summed E-state index contributed by atoms with van der Waals surface area (Å²) in [5.41, 5.74) is 2.73. The number of carbonyl (C=O) groups is 3. The van der Waals surface area contributed by atoms with Crippen LogP contribution in [0.15, 0.2) is 58.8 Å². The summed E-state index contributed by atoms with van der Waals surface area (Å²) >= 11 is 8.03. The number of rotatable bonds is 12. The van der Waals surface area contributed by atoms with Crippen LogP contribution in [-0.2, 0) is 14.3 Å². The average molecular weight is 665 g/mol. The van der Waals surface area contributed by atoms with Crippen LogP contribution in [0.1, 0.15) is 67.8 Å². The van der Waals surface area contributed by atoms with E-state index < -0.39 is 5.97 Å². The largest absolute Gasteiger partial charge is 0.493 e. The van der Waals surface area contributed by atoms with Crippen LogP contribution in [0.5, 0.6) is 11.5 Å². The number of nitrogens with one attached hydrogen (secondary N) is 1. The number of hydrogen-bond acceptors (Lipinski definition) is 9. The van der Waals surface area contributed by atoms with E-state index in [4.69, 9.17) is 26.4 Å². The van der Waals surface area contributed by atoms with Crippen molar-refractivity contribution < 1.29 is 28.6 Å². The van der Waals surface area contributed by atoms with E-state index in [2.05, 4.69) is 5.32 Å². The number of carbonyl (C=O) groups excluding carboxylic acids is 3. The Morgan fingerprint density at radius 1 is 1.09 bits per heavy atom. The molecular formula is C34H36N2O6S3. The zero-order chi connectivity index (χ0) is 31.8. The van der Waals surface area contributed by atoms with Gasteiger partial charge in [0.1, 0.15) is 14.9 Å². The van der Waals surface area contributed by atoms with Crippen molar-refractivity contribution in [1.29, 1.82) is 0 Å². The predicted molar refractivity (Wildman–Crippen MR) is 184 cm³/mol. The Labute approximate surface area is 277 Å². The van der Waals surface area contributed by atoms with Crippen molar-refractivity contribution in [2.45, 2.75) is 58.0 Å². The minimum Gasteiger partial charge on any atom is -0.493 e. The van der Waals surface area contributed by atoms with Gasteiger partial charge < -0.3 is 19.5 Å². The summed E-state index contributed by atoms with van der Waals surface area (Å²) in [7, 11) is 1.61. The minimum absolute atomic E-state index is 0.149. The highest BCUT2D eigenvalue weighted by atomic mass is 32.2. The van der Waals surface area contributed by atoms with E-state index >= 15 is 0 Å². The number of amides is 2. The Morgan fingerprint density at radius 2 is 1.87 bits per heavy atom. The molecule has 0 unspecified atom stereocenters. The van der Waals surface area contributed by atoms with Gasteiger partial charge in [-0.25, -0.2) is 4.79 Å². The van der Waals surface area contributed by atoms with Crippen LogP contribution in [0.25, 0.3) is 17.2 Å². The van der Waals surface area contributed by atoms with Gasteiger partial charge in [0.2, 0.25) is 5.91 Å². The number of thioether (sulfide) groups is 1. The van der Waals surface area contributed by atoms with Crippen molar-refractivity contribution in [2.24, 2.45) is 0 Å².